The molecule has 0 aliphatic heterocycles. The third-order valence-corrected chi connectivity index (χ3v) is 2.64. The van der Waals surface area contributed by atoms with E-state index in [-0.39, 0.29) is 19.1 Å². The van der Waals surface area contributed by atoms with Crippen LogP contribution in [0, 0.1) is 11.3 Å². The molecule has 21 heavy (non-hydrogen) atoms. The molecule has 2 rings (SSSR count). The first-order valence-electron chi connectivity index (χ1n) is 6.00. The molecule has 0 bridgehead atoms. The standard InChI is InChI=1S/C13H13N5O3/c1-20-11-3-2-9(5-14)4-10(11)7-21-12(19)6-18-8-16-13(15)17-18/h2-4,8H,6-7H2,1H3,(H2,15,17). The summed E-state index contributed by atoms with van der Waals surface area (Å²) in [5.41, 5.74) is 6.42. The van der Waals surface area contributed by atoms with E-state index in [2.05, 4.69) is 10.1 Å². The van der Waals surface area contributed by atoms with Gasteiger partial charge in [0.1, 0.15) is 25.2 Å². The number of hydrogen-bond donors (Lipinski definition) is 1. The minimum absolute atomic E-state index is 0.00169. The van der Waals surface area contributed by atoms with Crippen molar-refractivity contribution in [2.75, 3.05) is 12.8 Å². The van der Waals surface area contributed by atoms with Gasteiger partial charge in [0.15, 0.2) is 0 Å². The van der Waals surface area contributed by atoms with Crippen molar-refractivity contribution < 1.29 is 14.3 Å². The second-order valence-corrected chi connectivity index (χ2v) is 4.10. The molecule has 1 heterocycles. The summed E-state index contributed by atoms with van der Waals surface area (Å²) in [6.07, 6.45) is 1.34. The van der Waals surface area contributed by atoms with Crippen molar-refractivity contribution in [3.8, 4) is 11.8 Å². The average molecular weight is 287 g/mol. The smallest absolute Gasteiger partial charge is 0.328 e. The van der Waals surface area contributed by atoms with E-state index in [4.69, 9.17) is 20.5 Å². The number of carbonyl (C=O) groups is 1. The van der Waals surface area contributed by atoms with Crippen LogP contribution in [-0.4, -0.2) is 27.8 Å². The summed E-state index contributed by atoms with van der Waals surface area (Å²) in [4.78, 5) is 15.4. The summed E-state index contributed by atoms with van der Waals surface area (Å²) in [7, 11) is 1.50. The van der Waals surface area contributed by atoms with Gasteiger partial charge in [-0.1, -0.05) is 0 Å². The Labute approximate surface area is 120 Å². The zero-order chi connectivity index (χ0) is 15.2. The molecule has 0 atom stereocenters. The molecule has 8 heteroatoms. The lowest BCUT2D eigenvalue weighted by Crippen LogP contribution is -2.14. The van der Waals surface area contributed by atoms with E-state index in [0.717, 1.165) is 0 Å². The average Bonchev–Trinajstić information content (AvgIpc) is 2.89. The zero-order valence-corrected chi connectivity index (χ0v) is 11.3. The summed E-state index contributed by atoms with van der Waals surface area (Å²) in [6.45, 7) is -0.0911. The third-order valence-electron chi connectivity index (χ3n) is 2.64. The first-order chi connectivity index (χ1) is 10.1. The molecule has 2 N–H and O–H groups in total. The maximum Gasteiger partial charge on any atom is 0.328 e. The highest BCUT2D eigenvalue weighted by Gasteiger charge is 2.10. The van der Waals surface area contributed by atoms with Crippen molar-refractivity contribution >= 4 is 11.9 Å². The first-order valence-corrected chi connectivity index (χ1v) is 6.00. The van der Waals surface area contributed by atoms with Crippen LogP contribution < -0.4 is 10.5 Å². The fourth-order valence-electron chi connectivity index (χ4n) is 1.68. The summed E-state index contributed by atoms with van der Waals surface area (Å²) >= 11 is 0. The maximum atomic E-state index is 11.7. The van der Waals surface area contributed by atoms with Gasteiger partial charge in [0.25, 0.3) is 0 Å². The number of nitrogens with zero attached hydrogens (tertiary/aromatic N) is 4. The van der Waals surface area contributed by atoms with Gasteiger partial charge in [0.2, 0.25) is 5.95 Å². The van der Waals surface area contributed by atoms with E-state index < -0.39 is 5.97 Å². The fourth-order valence-corrected chi connectivity index (χ4v) is 1.68. The van der Waals surface area contributed by atoms with Crippen LogP contribution in [0.25, 0.3) is 0 Å². The first kappa shape index (κ1) is 14.3. The van der Waals surface area contributed by atoms with Crippen molar-refractivity contribution in [2.45, 2.75) is 13.2 Å². The number of nitriles is 1. The highest BCUT2D eigenvalue weighted by Crippen LogP contribution is 2.20. The van der Waals surface area contributed by atoms with Gasteiger partial charge in [-0.25, -0.2) is 9.67 Å². The maximum absolute atomic E-state index is 11.7. The van der Waals surface area contributed by atoms with Gasteiger partial charge >= 0.3 is 5.97 Å². The fraction of sp³-hybridized carbons (Fsp3) is 0.231. The molecule has 0 fully saturated rings. The molecule has 0 radical (unpaired) electrons. The predicted octanol–water partition coefficient (Wildman–Crippen LogP) is 0.484. The van der Waals surface area contributed by atoms with E-state index in [1.807, 2.05) is 6.07 Å². The minimum Gasteiger partial charge on any atom is -0.496 e. The van der Waals surface area contributed by atoms with Gasteiger partial charge in [0, 0.05) is 5.56 Å². The molecular formula is C13H13N5O3. The van der Waals surface area contributed by atoms with Gasteiger partial charge in [-0.2, -0.15) is 5.26 Å². The van der Waals surface area contributed by atoms with Crippen molar-refractivity contribution in [1.29, 1.82) is 5.26 Å². The van der Waals surface area contributed by atoms with Crippen molar-refractivity contribution in [2.24, 2.45) is 0 Å². The Balaban J connectivity index is 1.99. The molecular weight excluding hydrogens is 274 g/mol. The van der Waals surface area contributed by atoms with Crippen LogP contribution in [0.4, 0.5) is 5.95 Å². The molecule has 0 aliphatic rings. The third kappa shape index (κ3) is 3.70. The molecule has 1 aromatic carbocycles. The normalized spacial score (nSPS) is 9.90. The Morgan fingerprint density at radius 3 is 2.95 bits per heavy atom. The molecule has 2 aromatic rings. The number of nitrogens with two attached hydrogens (primary N) is 1. The lowest BCUT2D eigenvalue weighted by molar-refractivity contribution is -0.145. The van der Waals surface area contributed by atoms with Crippen LogP contribution in [-0.2, 0) is 22.7 Å². The Bertz CT molecular complexity index is 689. The predicted molar refractivity (Wildman–Crippen MR) is 71.9 cm³/mol. The Morgan fingerprint density at radius 1 is 1.52 bits per heavy atom. The zero-order valence-electron chi connectivity index (χ0n) is 11.3. The number of nitrogen functional groups attached to an aromatic ring is 1. The molecule has 0 amide bonds. The van der Waals surface area contributed by atoms with Crippen molar-refractivity contribution in [1.82, 2.24) is 14.8 Å². The minimum atomic E-state index is -0.496. The van der Waals surface area contributed by atoms with E-state index in [1.165, 1.54) is 18.1 Å². The van der Waals surface area contributed by atoms with Crippen molar-refractivity contribution in [3.05, 3.63) is 35.7 Å². The molecule has 0 saturated heterocycles. The van der Waals surface area contributed by atoms with Crippen LogP contribution in [0.2, 0.25) is 0 Å². The molecule has 0 saturated carbocycles. The van der Waals surface area contributed by atoms with Crippen LogP contribution >= 0.6 is 0 Å². The number of benzene rings is 1. The highest BCUT2D eigenvalue weighted by atomic mass is 16.5. The molecule has 0 spiro atoms. The number of hydrogen-bond acceptors (Lipinski definition) is 7. The molecule has 0 unspecified atom stereocenters. The van der Waals surface area contributed by atoms with Crippen molar-refractivity contribution in [3.63, 3.8) is 0 Å². The largest absolute Gasteiger partial charge is 0.496 e. The van der Waals surface area contributed by atoms with Crippen LogP contribution in [0.15, 0.2) is 24.5 Å². The molecule has 108 valence electrons. The molecule has 0 aliphatic carbocycles. The number of anilines is 1. The summed E-state index contributed by atoms with van der Waals surface area (Å²) in [6, 6.07) is 6.91. The lowest BCUT2D eigenvalue weighted by atomic mass is 10.1. The number of methoxy groups -OCH3 is 1. The summed E-state index contributed by atoms with van der Waals surface area (Å²) in [5.74, 6) is 0.141. The molecule has 8 nitrogen and oxygen atoms in total. The number of carbonyl (C=O) groups excluding carboxylic acids is 1. The van der Waals surface area contributed by atoms with Gasteiger partial charge in [-0.3, -0.25) is 4.79 Å². The van der Waals surface area contributed by atoms with E-state index in [9.17, 15) is 4.79 Å². The quantitative estimate of drug-likeness (QED) is 0.795. The second-order valence-electron chi connectivity index (χ2n) is 4.10. The second kappa shape index (κ2) is 6.38. The Hall–Kier alpha value is -3.08. The number of esters is 1. The van der Waals surface area contributed by atoms with Crippen LogP contribution in [0.1, 0.15) is 11.1 Å². The lowest BCUT2D eigenvalue weighted by Gasteiger charge is -2.09. The number of aromatic nitrogens is 3. The van der Waals surface area contributed by atoms with E-state index >= 15 is 0 Å². The van der Waals surface area contributed by atoms with Gasteiger partial charge in [0.05, 0.1) is 18.7 Å². The van der Waals surface area contributed by atoms with Gasteiger partial charge < -0.3 is 15.2 Å². The Kier molecular flexibility index (Phi) is 4.36. The summed E-state index contributed by atoms with van der Waals surface area (Å²) < 4.78 is 11.6. The van der Waals surface area contributed by atoms with E-state index in [1.54, 1.807) is 18.2 Å². The van der Waals surface area contributed by atoms with Gasteiger partial charge in [-0.15, -0.1) is 5.10 Å². The van der Waals surface area contributed by atoms with Crippen LogP contribution in [0.3, 0.4) is 0 Å². The number of rotatable bonds is 5. The Morgan fingerprint density at radius 2 is 2.33 bits per heavy atom. The SMILES string of the molecule is COc1ccc(C#N)cc1COC(=O)Cn1cnc(N)n1. The summed E-state index contributed by atoms with van der Waals surface area (Å²) in [5, 5.41) is 12.7. The van der Waals surface area contributed by atoms with Crippen LogP contribution in [0.5, 0.6) is 5.75 Å². The topological polar surface area (TPSA) is 116 Å². The monoisotopic (exact) mass is 287 g/mol. The molecule has 1 aromatic heterocycles. The highest BCUT2D eigenvalue weighted by molar-refractivity contribution is 5.69. The number of ether oxygens (including phenoxy) is 2. The van der Waals surface area contributed by atoms with E-state index in [0.29, 0.717) is 16.9 Å². The van der Waals surface area contributed by atoms with Gasteiger partial charge in [-0.05, 0) is 18.2 Å².